The SMILES string of the molecule is CCC(C)(CO)CN(C)C(C)CSC. The minimum atomic E-state index is 0.0570. The first-order chi connectivity index (χ1) is 6.49. The Labute approximate surface area is 93.1 Å². The number of aliphatic hydroxyl groups excluding tert-OH is 1. The fraction of sp³-hybridized carbons (Fsp3) is 1.00. The average molecular weight is 219 g/mol. The molecule has 1 N–H and O–H groups in total. The van der Waals surface area contributed by atoms with Crippen molar-refractivity contribution in [2.24, 2.45) is 5.41 Å². The van der Waals surface area contributed by atoms with Crippen molar-refractivity contribution in [1.82, 2.24) is 4.90 Å². The molecule has 0 rings (SSSR count). The van der Waals surface area contributed by atoms with Crippen LogP contribution in [0.15, 0.2) is 0 Å². The molecule has 0 heterocycles. The van der Waals surface area contributed by atoms with E-state index < -0.39 is 0 Å². The quantitative estimate of drug-likeness (QED) is 0.709. The zero-order chi connectivity index (χ0) is 11.2. The van der Waals surface area contributed by atoms with Gasteiger partial charge in [0.05, 0.1) is 0 Å². The summed E-state index contributed by atoms with van der Waals surface area (Å²) in [5, 5.41) is 9.31. The molecule has 0 aliphatic rings. The maximum Gasteiger partial charge on any atom is 0.0496 e. The van der Waals surface area contributed by atoms with E-state index in [1.807, 2.05) is 11.8 Å². The van der Waals surface area contributed by atoms with Crippen molar-refractivity contribution < 1.29 is 5.11 Å². The van der Waals surface area contributed by atoms with E-state index in [2.05, 4.69) is 39.0 Å². The van der Waals surface area contributed by atoms with Crippen LogP contribution in [0.4, 0.5) is 0 Å². The van der Waals surface area contributed by atoms with Gasteiger partial charge < -0.3 is 10.0 Å². The smallest absolute Gasteiger partial charge is 0.0496 e. The van der Waals surface area contributed by atoms with Crippen molar-refractivity contribution >= 4 is 11.8 Å². The average Bonchev–Trinajstić information content (AvgIpc) is 2.18. The van der Waals surface area contributed by atoms with E-state index in [1.165, 1.54) is 0 Å². The van der Waals surface area contributed by atoms with Gasteiger partial charge in [-0.05, 0) is 26.6 Å². The summed E-state index contributed by atoms with van der Waals surface area (Å²) in [7, 11) is 2.14. The third-order valence-electron chi connectivity index (χ3n) is 3.03. The largest absolute Gasteiger partial charge is 0.396 e. The molecule has 0 fully saturated rings. The Kier molecular flexibility index (Phi) is 6.83. The number of aliphatic hydroxyl groups is 1. The lowest BCUT2D eigenvalue weighted by molar-refractivity contribution is 0.0848. The Bertz CT molecular complexity index is 148. The molecule has 3 heteroatoms. The standard InChI is InChI=1S/C11H25NOS/c1-6-11(3,9-13)8-12(4)10(2)7-14-5/h10,13H,6-9H2,1-5H3. The van der Waals surface area contributed by atoms with Crippen LogP contribution >= 0.6 is 11.8 Å². The van der Waals surface area contributed by atoms with Gasteiger partial charge in [0.2, 0.25) is 0 Å². The second-order valence-electron chi connectivity index (χ2n) is 4.54. The number of rotatable bonds is 7. The molecule has 0 spiro atoms. The van der Waals surface area contributed by atoms with Gasteiger partial charge in [-0.25, -0.2) is 0 Å². The molecule has 86 valence electrons. The summed E-state index contributed by atoms with van der Waals surface area (Å²) < 4.78 is 0. The Morgan fingerprint density at radius 3 is 2.43 bits per heavy atom. The first-order valence-corrected chi connectivity index (χ1v) is 6.68. The van der Waals surface area contributed by atoms with Crippen LogP contribution in [0, 0.1) is 5.41 Å². The van der Waals surface area contributed by atoms with Gasteiger partial charge in [-0.2, -0.15) is 11.8 Å². The molecule has 0 bridgehead atoms. The maximum atomic E-state index is 9.31. The first-order valence-electron chi connectivity index (χ1n) is 5.29. The molecule has 0 aromatic carbocycles. The minimum absolute atomic E-state index is 0.0570. The molecular weight excluding hydrogens is 194 g/mol. The lowest BCUT2D eigenvalue weighted by Gasteiger charge is -2.34. The number of hydrogen-bond acceptors (Lipinski definition) is 3. The van der Waals surface area contributed by atoms with Gasteiger partial charge in [0.25, 0.3) is 0 Å². The summed E-state index contributed by atoms with van der Waals surface area (Å²) >= 11 is 1.88. The number of nitrogens with zero attached hydrogens (tertiary/aromatic N) is 1. The van der Waals surface area contributed by atoms with Crippen molar-refractivity contribution in [2.45, 2.75) is 33.2 Å². The molecule has 0 radical (unpaired) electrons. The zero-order valence-electron chi connectivity index (χ0n) is 10.2. The predicted molar refractivity (Wildman–Crippen MR) is 66.0 cm³/mol. The van der Waals surface area contributed by atoms with Crippen molar-refractivity contribution in [1.29, 1.82) is 0 Å². The zero-order valence-corrected chi connectivity index (χ0v) is 11.0. The van der Waals surface area contributed by atoms with E-state index in [0.717, 1.165) is 18.7 Å². The van der Waals surface area contributed by atoms with Gasteiger partial charge in [-0.15, -0.1) is 0 Å². The summed E-state index contributed by atoms with van der Waals surface area (Å²) in [6, 6.07) is 0.586. The van der Waals surface area contributed by atoms with Gasteiger partial charge in [0, 0.05) is 30.4 Å². The van der Waals surface area contributed by atoms with Crippen molar-refractivity contribution in [3.8, 4) is 0 Å². The summed E-state index contributed by atoms with van der Waals surface area (Å²) in [6.07, 6.45) is 3.16. The molecule has 2 nitrogen and oxygen atoms in total. The summed E-state index contributed by atoms with van der Waals surface area (Å²) in [5.41, 5.74) is 0.0570. The lowest BCUT2D eigenvalue weighted by atomic mass is 9.88. The van der Waals surface area contributed by atoms with Gasteiger partial charge in [-0.1, -0.05) is 13.8 Å². The topological polar surface area (TPSA) is 23.5 Å². The van der Waals surface area contributed by atoms with Crippen molar-refractivity contribution in [2.75, 3.05) is 32.2 Å². The summed E-state index contributed by atoms with van der Waals surface area (Å²) in [6.45, 7) is 7.78. The van der Waals surface area contributed by atoms with Crippen LogP contribution in [0.5, 0.6) is 0 Å². The highest BCUT2D eigenvalue weighted by Crippen LogP contribution is 2.22. The Hall–Kier alpha value is 0.270. The Morgan fingerprint density at radius 2 is 2.07 bits per heavy atom. The maximum absolute atomic E-state index is 9.31. The molecule has 0 saturated carbocycles. The molecule has 0 amide bonds. The van der Waals surface area contributed by atoms with Gasteiger partial charge in [0.15, 0.2) is 0 Å². The van der Waals surface area contributed by atoms with Crippen LogP contribution in [0.25, 0.3) is 0 Å². The highest BCUT2D eigenvalue weighted by Gasteiger charge is 2.24. The monoisotopic (exact) mass is 219 g/mol. The molecule has 0 aromatic heterocycles. The predicted octanol–water partition coefficient (Wildman–Crippen LogP) is 2.08. The first kappa shape index (κ1) is 14.3. The second-order valence-corrected chi connectivity index (χ2v) is 5.45. The van der Waals surface area contributed by atoms with Crippen LogP contribution in [-0.4, -0.2) is 48.3 Å². The fourth-order valence-electron chi connectivity index (χ4n) is 1.40. The van der Waals surface area contributed by atoms with Crippen LogP contribution in [0.1, 0.15) is 27.2 Å². The van der Waals surface area contributed by atoms with Gasteiger partial charge >= 0.3 is 0 Å². The van der Waals surface area contributed by atoms with Gasteiger partial charge in [0.1, 0.15) is 0 Å². The highest BCUT2D eigenvalue weighted by atomic mass is 32.2. The third-order valence-corrected chi connectivity index (χ3v) is 3.84. The van der Waals surface area contributed by atoms with Crippen LogP contribution in [0.3, 0.4) is 0 Å². The van der Waals surface area contributed by atoms with Crippen LogP contribution < -0.4 is 0 Å². The Morgan fingerprint density at radius 1 is 1.50 bits per heavy atom. The molecular formula is C11H25NOS. The fourth-order valence-corrected chi connectivity index (χ4v) is 2.14. The third kappa shape index (κ3) is 4.67. The summed E-state index contributed by atoms with van der Waals surface area (Å²) in [5.74, 6) is 1.15. The van der Waals surface area contributed by atoms with Gasteiger partial charge in [-0.3, -0.25) is 0 Å². The molecule has 2 unspecified atom stereocenters. The van der Waals surface area contributed by atoms with E-state index in [-0.39, 0.29) is 12.0 Å². The van der Waals surface area contributed by atoms with E-state index >= 15 is 0 Å². The van der Waals surface area contributed by atoms with Crippen LogP contribution in [0.2, 0.25) is 0 Å². The molecule has 0 aliphatic heterocycles. The molecule has 14 heavy (non-hydrogen) atoms. The Balaban J connectivity index is 4.07. The number of hydrogen-bond donors (Lipinski definition) is 1. The van der Waals surface area contributed by atoms with Crippen molar-refractivity contribution in [3.05, 3.63) is 0 Å². The number of thioether (sulfide) groups is 1. The summed E-state index contributed by atoms with van der Waals surface area (Å²) in [4.78, 5) is 2.34. The molecule has 2 atom stereocenters. The van der Waals surface area contributed by atoms with E-state index in [9.17, 15) is 5.11 Å². The molecule has 0 aromatic rings. The van der Waals surface area contributed by atoms with E-state index in [0.29, 0.717) is 6.04 Å². The van der Waals surface area contributed by atoms with Crippen LogP contribution in [-0.2, 0) is 0 Å². The highest BCUT2D eigenvalue weighted by molar-refractivity contribution is 7.98. The molecule has 0 saturated heterocycles. The lowest BCUT2D eigenvalue weighted by Crippen LogP contribution is -2.41. The van der Waals surface area contributed by atoms with E-state index in [4.69, 9.17) is 0 Å². The van der Waals surface area contributed by atoms with Crippen molar-refractivity contribution in [3.63, 3.8) is 0 Å². The van der Waals surface area contributed by atoms with E-state index in [1.54, 1.807) is 0 Å². The normalized spacial score (nSPS) is 18.2. The minimum Gasteiger partial charge on any atom is -0.396 e. The molecule has 0 aliphatic carbocycles. The second kappa shape index (κ2) is 6.70.